The zero-order valence-electron chi connectivity index (χ0n) is 17.6. The fourth-order valence-electron chi connectivity index (χ4n) is 4.02. The number of ketones is 2. The standard InChI is InChI=1S/C26H23NO4/c1-16(2)18-13-14-21(22(15-18)31-25(30)17-9-5-4-6-10-17)26(27-3)23(28)19-11-7-8-12-20(19)24(26)29/h4-16,27H,1-3H3. The Kier molecular flexibility index (Phi) is 5.29. The Morgan fingerprint density at radius 1 is 0.871 bits per heavy atom. The smallest absolute Gasteiger partial charge is 0.343 e. The van der Waals surface area contributed by atoms with E-state index in [2.05, 4.69) is 5.32 Å². The first-order valence-electron chi connectivity index (χ1n) is 10.2. The molecule has 3 aromatic rings. The predicted octanol–water partition coefficient (Wildman–Crippen LogP) is 4.52. The molecule has 0 radical (unpaired) electrons. The average Bonchev–Trinajstić information content (AvgIpc) is 3.01. The van der Waals surface area contributed by atoms with Crippen molar-refractivity contribution < 1.29 is 19.1 Å². The van der Waals surface area contributed by atoms with Gasteiger partial charge in [-0.15, -0.1) is 0 Å². The number of carbonyl (C=O) groups excluding carboxylic acids is 3. The van der Waals surface area contributed by atoms with Crippen LogP contribution in [0.15, 0.2) is 72.8 Å². The minimum Gasteiger partial charge on any atom is -0.423 e. The molecule has 31 heavy (non-hydrogen) atoms. The summed E-state index contributed by atoms with van der Waals surface area (Å²) < 4.78 is 5.77. The van der Waals surface area contributed by atoms with Gasteiger partial charge in [-0.1, -0.05) is 68.4 Å². The van der Waals surface area contributed by atoms with Crippen molar-refractivity contribution in [3.05, 3.63) is 101 Å². The lowest BCUT2D eigenvalue weighted by molar-refractivity contribution is 0.0701. The normalized spacial score (nSPS) is 14.6. The molecule has 0 heterocycles. The Hall–Kier alpha value is -3.57. The van der Waals surface area contributed by atoms with Gasteiger partial charge in [0.25, 0.3) is 0 Å². The van der Waals surface area contributed by atoms with E-state index < -0.39 is 11.5 Å². The quantitative estimate of drug-likeness (QED) is 0.378. The number of likely N-dealkylation sites (N-methyl/N-ethyl adjacent to an activating group) is 1. The first-order valence-corrected chi connectivity index (χ1v) is 10.2. The van der Waals surface area contributed by atoms with Crippen LogP contribution in [0.3, 0.4) is 0 Å². The molecule has 0 saturated carbocycles. The van der Waals surface area contributed by atoms with E-state index in [4.69, 9.17) is 4.74 Å². The zero-order chi connectivity index (χ0) is 22.2. The molecule has 5 heteroatoms. The summed E-state index contributed by atoms with van der Waals surface area (Å²) in [4.78, 5) is 39.8. The number of esters is 1. The minimum absolute atomic E-state index is 0.168. The molecule has 1 N–H and O–H groups in total. The zero-order valence-corrected chi connectivity index (χ0v) is 17.6. The topological polar surface area (TPSA) is 72.5 Å². The van der Waals surface area contributed by atoms with Crippen molar-refractivity contribution in [2.24, 2.45) is 0 Å². The number of nitrogens with one attached hydrogen (secondary N) is 1. The largest absolute Gasteiger partial charge is 0.423 e. The van der Waals surface area contributed by atoms with Crippen molar-refractivity contribution in [2.45, 2.75) is 25.3 Å². The summed E-state index contributed by atoms with van der Waals surface area (Å²) in [7, 11) is 1.57. The summed E-state index contributed by atoms with van der Waals surface area (Å²) in [6, 6.07) is 20.7. The van der Waals surface area contributed by atoms with Crippen LogP contribution in [0, 0.1) is 0 Å². The van der Waals surface area contributed by atoms with E-state index in [-0.39, 0.29) is 23.2 Å². The van der Waals surface area contributed by atoms with Gasteiger partial charge < -0.3 is 4.74 Å². The fraction of sp³-hybridized carbons (Fsp3) is 0.192. The Balaban J connectivity index is 1.87. The SMILES string of the molecule is CNC1(c2ccc(C(C)C)cc2OC(=O)c2ccccc2)C(=O)c2ccccc2C1=O. The third kappa shape index (κ3) is 3.27. The van der Waals surface area contributed by atoms with Crippen molar-refractivity contribution in [3.8, 4) is 5.75 Å². The molecule has 0 aliphatic heterocycles. The number of Topliss-reactive ketones (excluding diaryl/α,β-unsaturated/α-hetero) is 2. The van der Waals surface area contributed by atoms with E-state index in [1.165, 1.54) is 0 Å². The lowest BCUT2D eigenvalue weighted by Gasteiger charge is -2.28. The summed E-state index contributed by atoms with van der Waals surface area (Å²) in [6.07, 6.45) is 0. The summed E-state index contributed by atoms with van der Waals surface area (Å²) in [5.41, 5.74) is 0.710. The van der Waals surface area contributed by atoms with Gasteiger partial charge in [-0.25, -0.2) is 4.79 Å². The van der Waals surface area contributed by atoms with Crippen molar-refractivity contribution in [2.75, 3.05) is 7.05 Å². The van der Waals surface area contributed by atoms with Crippen molar-refractivity contribution in [1.82, 2.24) is 5.32 Å². The van der Waals surface area contributed by atoms with Crippen LogP contribution in [0.5, 0.6) is 5.75 Å². The van der Waals surface area contributed by atoms with Crippen LogP contribution in [-0.2, 0) is 5.54 Å². The van der Waals surface area contributed by atoms with Crippen LogP contribution < -0.4 is 10.1 Å². The van der Waals surface area contributed by atoms with Gasteiger partial charge >= 0.3 is 5.97 Å². The highest BCUT2D eigenvalue weighted by molar-refractivity contribution is 6.33. The monoisotopic (exact) mass is 413 g/mol. The molecule has 1 aliphatic rings. The number of rotatable bonds is 5. The number of benzene rings is 3. The molecule has 0 saturated heterocycles. The molecule has 1 aliphatic carbocycles. The maximum atomic E-state index is 13.5. The molecule has 5 nitrogen and oxygen atoms in total. The highest BCUT2D eigenvalue weighted by atomic mass is 16.5. The second-order valence-electron chi connectivity index (χ2n) is 7.87. The number of fused-ring (bicyclic) bond motifs is 1. The van der Waals surface area contributed by atoms with Crippen molar-refractivity contribution in [1.29, 1.82) is 0 Å². The van der Waals surface area contributed by atoms with Crippen molar-refractivity contribution >= 4 is 17.5 Å². The van der Waals surface area contributed by atoms with E-state index >= 15 is 0 Å². The molecule has 156 valence electrons. The lowest BCUT2D eigenvalue weighted by atomic mass is 9.83. The molecule has 0 amide bonds. The number of hydrogen-bond donors (Lipinski definition) is 1. The summed E-state index contributed by atoms with van der Waals surface area (Å²) in [5, 5.41) is 2.95. The Labute approximate surface area is 181 Å². The van der Waals surface area contributed by atoms with E-state index in [9.17, 15) is 14.4 Å². The second kappa shape index (κ2) is 7.93. The van der Waals surface area contributed by atoms with Crippen LogP contribution in [0.2, 0.25) is 0 Å². The minimum atomic E-state index is -1.65. The molecular weight excluding hydrogens is 390 g/mol. The van der Waals surface area contributed by atoms with E-state index in [1.54, 1.807) is 67.7 Å². The fourth-order valence-corrected chi connectivity index (χ4v) is 4.02. The highest BCUT2D eigenvalue weighted by Gasteiger charge is 2.54. The summed E-state index contributed by atoms with van der Waals surface area (Å²) >= 11 is 0. The second-order valence-corrected chi connectivity index (χ2v) is 7.87. The van der Waals surface area contributed by atoms with Gasteiger partial charge in [-0.05, 0) is 36.7 Å². The van der Waals surface area contributed by atoms with Gasteiger partial charge in [0.15, 0.2) is 17.1 Å². The Morgan fingerprint density at radius 3 is 2.00 bits per heavy atom. The number of ether oxygens (including phenoxy) is 1. The maximum absolute atomic E-state index is 13.5. The van der Waals surface area contributed by atoms with Gasteiger partial charge in [0, 0.05) is 16.7 Å². The van der Waals surface area contributed by atoms with Gasteiger partial charge in [0.1, 0.15) is 5.75 Å². The van der Waals surface area contributed by atoms with Crippen LogP contribution in [-0.4, -0.2) is 24.6 Å². The number of hydrogen-bond acceptors (Lipinski definition) is 5. The highest BCUT2D eigenvalue weighted by Crippen LogP contribution is 2.42. The lowest BCUT2D eigenvalue weighted by Crippen LogP contribution is -2.50. The molecule has 0 fully saturated rings. The first-order chi connectivity index (χ1) is 14.9. The third-order valence-corrected chi connectivity index (χ3v) is 5.76. The van der Waals surface area contributed by atoms with E-state index in [1.807, 2.05) is 26.0 Å². The van der Waals surface area contributed by atoms with Crippen LogP contribution >= 0.6 is 0 Å². The van der Waals surface area contributed by atoms with Crippen molar-refractivity contribution in [3.63, 3.8) is 0 Å². The van der Waals surface area contributed by atoms with Gasteiger partial charge in [0.2, 0.25) is 0 Å². The van der Waals surface area contributed by atoms with Crippen LogP contribution in [0.1, 0.15) is 62.0 Å². The van der Waals surface area contributed by atoms with E-state index in [0.717, 1.165) is 5.56 Å². The molecule has 0 aromatic heterocycles. The van der Waals surface area contributed by atoms with Crippen LogP contribution in [0.4, 0.5) is 0 Å². The molecule has 3 aromatic carbocycles. The van der Waals surface area contributed by atoms with Crippen LogP contribution in [0.25, 0.3) is 0 Å². The third-order valence-electron chi connectivity index (χ3n) is 5.76. The van der Waals surface area contributed by atoms with Gasteiger partial charge in [-0.3, -0.25) is 14.9 Å². The molecule has 4 rings (SSSR count). The molecule has 0 bridgehead atoms. The van der Waals surface area contributed by atoms with E-state index in [0.29, 0.717) is 22.3 Å². The van der Waals surface area contributed by atoms with Gasteiger partial charge in [0.05, 0.1) is 5.56 Å². The number of carbonyl (C=O) groups is 3. The molecule has 0 atom stereocenters. The maximum Gasteiger partial charge on any atom is 0.343 e. The Bertz CT molecular complexity index is 1150. The predicted molar refractivity (Wildman–Crippen MR) is 118 cm³/mol. The summed E-state index contributed by atoms with van der Waals surface area (Å²) in [6.45, 7) is 4.04. The average molecular weight is 413 g/mol. The Morgan fingerprint density at radius 2 is 1.45 bits per heavy atom. The first kappa shape index (κ1) is 20.7. The van der Waals surface area contributed by atoms with Gasteiger partial charge in [-0.2, -0.15) is 0 Å². The molecular formula is C26H23NO4. The summed E-state index contributed by atoms with van der Waals surface area (Å²) in [5.74, 6) is -0.899. The molecule has 0 unspecified atom stereocenters. The molecule has 0 spiro atoms.